The van der Waals surface area contributed by atoms with E-state index in [1.54, 1.807) is 31.3 Å². The van der Waals surface area contributed by atoms with Gasteiger partial charge in [0, 0.05) is 32.6 Å². The van der Waals surface area contributed by atoms with Crippen molar-refractivity contribution < 1.29 is 14.3 Å². The first-order valence-electron chi connectivity index (χ1n) is 10.2. The molecule has 0 bridgehead atoms. The molecule has 31 heavy (non-hydrogen) atoms. The zero-order valence-electron chi connectivity index (χ0n) is 17.2. The highest BCUT2D eigenvalue weighted by Gasteiger charge is 2.34. The van der Waals surface area contributed by atoms with Crippen molar-refractivity contribution in [3.8, 4) is 6.07 Å². The number of H-pyrrole nitrogens is 1. The lowest BCUT2D eigenvalue weighted by Crippen LogP contribution is -2.36. The molecule has 1 amide bonds. The number of fused-ring (bicyclic) bond motifs is 1. The number of hydrogen-bond acceptors (Lipinski definition) is 6. The topological polar surface area (TPSA) is 122 Å². The Morgan fingerprint density at radius 1 is 1.35 bits per heavy atom. The molecule has 1 fully saturated rings. The van der Waals surface area contributed by atoms with Gasteiger partial charge in [-0.2, -0.15) is 5.26 Å². The van der Waals surface area contributed by atoms with Gasteiger partial charge in [0.2, 0.25) is 5.91 Å². The van der Waals surface area contributed by atoms with E-state index in [2.05, 4.69) is 21.3 Å². The highest BCUT2D eigenvalue weighted by molar-refractivity contribution is 5.86. The number of aromatic amines is 1. The SMILES string of the molecule is CNC(=O)C(c1ccc2oc(=O)[nH]c2c1)[C@H](CN1CC[C@H](O)C1)c1cccc(C#N)c1. The summed E-state index contributed by atoms with van der Waals surface area (Å²) in [6.07, 6.45) is 0.314. The number of aliphatic hydroxyl groups is 1. The van der Waals surface area contributed by atoms with Crippen molar-refractivity contribution >= 4 is 17.0 Å². The summed E-state index contributed by atoms with van der Waals surface area (Å²) >= 11 is 0. The second kappa shape index (κ2) is 8.76. The number of benzene rings is 2. The highest BCUT2D eigenvalue weighted by Crippen LogP contribution is 2.36. The molecule has 1 aliphatic rings. The molecule has 0 radical (unpaired) electrons. The lowest BCUT2D eigenvalue weighted by atomic mass is 9.79. The average Bonchev–Trinajstić information content (AvgIpc) is 3.36. The zero-order chi connectivity index (χ0) is 22.0. The van der Waals surface area contributed by atoms with Gasteiger partial charge in [0.1, 0.15) is 0 Å². The Bertz CT molecular complexity index is 1190. The van der Waals surface area contributed by atoms with Crippen LogP contribution in [0.1, 0.15) is 34.9 Å². The third kappa shape index (κ3) is 4.38. The van der Waals surface area contributed by atoms with E-state index in [9.17, 15) is 20.0 Å². The zero-order valence-corrected chi connectivity index (χ0v) is 17.2. The van der Waals surface area contributed by atoms with Gasteiger partial charge in [-0.05, 0) is 41.8 Å². The molecule has 3 N–H and O–H groups in total. The van der Waals surface area contributed by atoms with Crippen LogP contribution >= 0.6 is 0 Å². The van der Waals surface area contributed by atoms with E-state index in [1.807, 2.05) is 18.2 Å². The number of rotatable bonds is 6. The van der Waals surface area contributed by atoms with Crippen LogP contribution < -0.4 is 11.1 Å². The first-order valence-corrected chi connectivity index (χ1v) is 10.2. The maximum absolute atomic E-state index is 13.1. The molecule has 2 heterocycles. The van der Waals surface area contributed by atoms with Crippen LogP contribution in [0, 0.1) is 11.3 Å². The smallest absolute Gasteiger partial charge is 0.408 e. The summed E-state index contributed by atoms with van der Waals surface area (Å²) in [6, 6.07) is 14.7. The number of likely N-dealkylation sites (tertiary alicyclic amines) is 1. The summed E-state index contributed by atoms with van der Waals surface area (Å²) in [5, 5.41) is 22.1. The summed E-state index contributed by atoms with van der Waals surface area (Å²) in [6.45, 7) is 1.83. The normalized spacial score (nSPS) is 18.5. The number of carbonyl (C=O) groups is 1. The van der Waals surface area contributed by atoms with Gasteiger partial charge in [-0.25, -0.2) is 4.79 Å². The fourth-order valence-corrected chi connectivity index (χ4v) is 4.38. The van der Waals surface area contributed by atoms with E-state index in [-0.39, 0.29) is 17.9 Å². The molecule has 3 atom stereocenters. The maximum Gasteiger partial charge on any atom is 0.417 e. The molecule has 3 aromatic rings. The molecule has 8 nitrogen and oxygen atoms in total. The number of β-amino-alcohol motifs (C(OH)–C–C–N with tert-alkyl or cyclic N) is 1. The van der Waals surface area contributed by atoms with Crippen molar-refractivity contribution in [2.75, 3.05) is 26.7 Å². The summed E-state index contributed by atoms with van der Waals surface area (Å²) < 4.78 is 5.10. The molecule has 8 heteroatoms. The van der Waals surface area contributed by atoms with Gasteiger partial charge < -0.3 is 19.7 Å². The molecule has 0 saturated carbocycles. The average molecular weight is 420 g/mol. The van der Waals surface area contributed by atoms with Crippen LogP contribution in [0.15, 0.2) is 51.7 Å². The first kappa shape index (κ1) is 20.8. The molecule has 160 valence electrons. The largest absolute Gasteiger partial charge is 0.417 e. The van der Waals surface area contributed by atoms with Crippen molar-refractivity contribution in [1.82, 2.24) is 15.2 Å². The van der Waals surface area contributed by atoms with Crippen LogP contribution in [-0.4, -0.2) is 53.7 Å². The van der Waals surface area contributed by atoms with Crippen LogP contribution in [0.2, 0.25) is 0 Å². The summed E-state index contributed by atoms with van der Waals surface area (Å²) in [5.74, 6) is -1.56. The van der Waals surface area contributed by atoms with Gasteiger partial charge >= 0.3 is 5.76 Å². The summed E-state index contributed by atoms with van der Waals surface area (Å²) in [7, 11) is 1.59. The van der Waals surface area contributed by atoms with Gasteiger partial charge in [0.05, 0.1) is 29.2 Å². The molecule has 0 aliphatic carbocycles. The fourth-order valence-electron chi connectivity index (χ4n) is 4.38. The molecule has 0 spiro atoms. The minimum atomic E-state index is -0.570. The molecular weight excluding hydrogens is 396 g/mol. The van der Waals surface area contributed by atoms with E-state index < -0.39 is 11.7 Å². The monoisotopic (exact) mass is 420 g/mol. The quantitative estimate of drug-likeness (QED) is 0.558. The number of amides is 1. The van der Waals surface area contributed by atoms with Gasteiger partial charge in [-0.1, -0.05) is 18.2 Å². The minimum Gasteiger partial charge on any atom is -0.408 e. The fraction of sp³-hybridized carbons (Fsp3) is 0.348. The molecular formula is C23H24N4O4. The van der Waals surface area contributed by atoms with Crippen LogP contribution in [0.4, 0.5) is 0 Å². The number of nitrogens with one attached hydrogen (secondary N) is 2. The Morgan fingerprint density at radius 3 is 2.90 bits per heavy atom. The summed E-state index contributed by atoms with van der Waals surface area (Å²) in [5.41, 5.74) is 3.08. The van der Waals surface area contributed by atoms with E-state index in [1.165, 1.54) is 0 Å². The van der Waals surface area contributed by atoms with Crippen molar-refractivity contribution in [3.63, 3.8) is 0 Å². The number of carbonyl (C=O) groups excluding carboxylic acids is 1. The molecule has 1 aliphatic heterocycles. The van der Waals surface area contributed by atoms with Crippen LogP contribution in [-0.2, 0) is 4.79 Å². The Balaban J connectivity index is 1.80. The van der Waals surface area contributed by atoms with Gasteiger partial charge in [0.15, 0.2) is 5.58 Å². The molecule has 2 aromatic carbocycles. The molecule has 1 aromatic heterocycles. The van der Waals surface area contributed by atoms with Crippen molar-refractivity contribution in [2.24, 2.45) is 0 Å². The molecule has 1 saturated heterocycles. The van der Waals surface area contributed by atoms with E-state index >= 15 is 0 Å². The van der Waals surface area contributed by atoms with Crippen molar-refractivity contribution in [2.45, 2.75) is 24.4 Å². The van der Waals surface area contributed by atoms with Gasteiger partial charge in [-0.3, -0.25) is 9.78 Å². The Kier molecular flexibility index (Phi) is 5.89. The number of likely N-dealkylation sites (N-methyl/N-ethyl adjacent to an activating group) is 1. The van der Waals surface area contributed by atoms with Crippen molar-refractivity contribution in [1.29, 1.82) is 5.26 Å². The van der Waals surface area contributed by atoms with Crippen LogP contribution in [0.25, 0.3) is 11.1 Å². The third-order valence-electron chi connectivity index (χ3n) is 5.88. The number of nitriles is 1. The Morgan fingerprint density at radius 2 is 2.19 bits per heavy atom. The number of nitrogens with zero attached hydrogens (tertiary/aromatic N) is 2. The lowest BCUT2D eigenvalue weighted by molar-refractivity contribution is -0.122. The van der Waals surface area contributed by atoms with Crippen LogP contribution in [0.3, 0.4) is 0 Å². The van der Waals surface area contributed by atoms with E-state index in [4.69, 9.17) is 4.42 Å². The Hall–Kier alpha value is -3.41. The molecule has 4 rings (SSSR count). The second-order valence-electron chi connectivity index (χ2n) is 7.91. The molecule has 1 unspecified atom stereocenters. The Labute approximate surface area is 179 Å². The predicted octanol–water partition coefficient (Wildman–Crippen LogP) is 1.67. The minimum absolute atomic E-state index is 0.169. The lowest BCUT2D eigenvalue weighted by Gasteiger charge is -2.30. The third-order valence-corrected chi connectivity index (χ3v) is 5.88. The highest BCUT2D eigenvalue weighted by atomic mass is 16.4. The van der Waals surface area contributed by atoms with Crippen LogP contribution in [0.5, 0.6) is 0 Å². The standard InChI is InChI=1S/C23H24N4O4/c1-25-22(29)21(16-5-6-20-19(10-16)26-23(30)31-20)18(13-27-8-7-17(28)12-27)15-4-2-3-14(9-15)11-24/h2-6,9-10,17-18,21,28H,7-8,12-13H2,1H3,(H,25,29)(H,26,30)/t17-,18+,21?/m0/s1. The predicted molar refractivity (Wildman–Crippen MR) is 115 cm³/mol. The van der Waals surface area contributed by atoms with E-state index in [0.717, 1.165) is 17.7 Å². The van der Waals surface area contributed by atoms with Gasteiger partial charge in [0.25, 0.3) is 0 Å². The maximum atomic E-state index is 13.1. The van der Waals surface area contributed by atoms with Crippen molar-refractivity contribution in [3.05, 3.63) is 69.7 Å². The second-order valence-corrected chi connectivity index (χ2v) is 7.91. The number of aliphatic hydroxyl groups excluding tert-OH is 1. The number of hydrogen-bond donors (Lipinski definition) is 3. The number of oxazole rings is 1. The van der Waals surface area contributed by atoms with Gasteiger partial charge in [-0.15, -0.1) is 0 Å². The number of aromatic nitrogens is 1. The summed E-state index contributed by atoms with van der Waals surface area (Å²) in [4.78, 5) is 29.5. The van der Waals surface area contributed by atoms with E-state index in [0.29, 0.717) is 36.2 Å². The first-order chi connectivity index (χ1) is 15.0.